The zero-order valence-electron chi connectivity index (χ0n) is 15.6. The van der Waals surface area contributed by atoms with E-state index >= 15 is 0 Å². The lowest BCUT2D eigenvalue weighted by Crippen LogP contribution is -2.30. The Morgan fingerprint density at radius 3 is 2.45 bits per heavy atom. The van der Waals surface area contributed by atoms with Gasteiger partial charge in [-0.1, -0.05) is 40.2 Å². The zero-order valence-corrected chi connectivity index (χ0v) is 18.0. The molecule has 29 heavy (non-hydrogen) atoms. The molecule has 2 aromatic carbocycles. The van der Waals surface area contributed by atoms with Gasteiger partial charge in [-0.05, 0) is 43.2 Å². The molecule has 0 spiro atoms. The van der Waals surface area contributed by atoms with Crippen molar-refractivity contribution in [1.82, 2.24) is 4.72 Å². The van der Waals surface area contributed by atoms with Crippen molar-refractivity contribution in [3.8, 4) is 6.07 Å². The summed E-state index contributed by atoms with van der Waals surface area (Å²) in [6, 6.07) is 14.5. The number of hydrogen-bond acceptors (Lipinski definition) is 6. The minimum atomic E-state index is -4.04. The van der Waals surface area contributed by atoms with Crippen LogP contribution in [0, 0.1) is 17.2 Å². The van der Waals surface area contributed by atoms with Crippen LogP contribution in [0.3, 0.4) is 0 Å². The van der Waals surface area contributed by atoms with Crippen LogP contribution in [-0.4, -0.2) is 33.3 Å². The molecule has 0 aliphatic heterocycles. The minimum absolute atomic E-state index is 0.00184. The number of Topliss-reactive ketones (excluding diaryl/α,β-unsaturated/α-hetero) is 1. The van der Waals surface area contributed by atoms with Gasteiger partial charge in [0.25, 0.3) is 0 Å². The lowest BCUT2D eigenvalue weighted by Gasteiger charge is -2.13. The molecule has 0 saturated heterocycles. The van der Waals surface area contributed by atoms with E-state index in [1.807, 2.05) is 24.3 Å². The molecular weight excluding hydrogens is 460 g/mol. The fraction of sp³-hybridized carbons (Fsp3) is 0.250. The van der Waals surface area contributed by atoms with Gasteiger partial charge in [0.05, 0.1) is 17.6 Å². The monoisotopic (exact) mass is 478 g/mol. The Labute approximate surface area is 177 Å². The lowest BCUT2D eigenvalue weighted by molar-refractivity contribution is -0.144. The summed E-state index contributed by atoms with van der Waals surface area (Å²) < 4.78 is 33.6. The normalized spacial score (nSPS) is 12.0. The molecule has 0 aromatic heterocycles. The maximum Gasteiger partial charge on any atom is 0.331 e. The maximum absolute atomic E-state index is 12.7. The van der Waals surface area contributed by atoms with Crippen LogP contribution in [-0.2, 0) is 26.0 Å². The van der Waals surface area contributed by atoms with Crippen LogP contribution < -0.4 is 4.72 Å². The average Bonchev–Trinajstić information content (AvgIpc) is 2.70. The number of halogens is 1. The first-order valence-electron chi connectivity index (χ1n) is 8.73. The van der Waals surface area contributed by atoms with Gasteiger partial charge in [0, 0.05) is 16.6 Å². The number of ether oxygens (including phenoxy) is 1. The van der Waals surface area contributed by atoms with Crippen molar-refractivity contribution in [3.63, 3.8) is 0 Å². The van der Waals surface area contributed by atoms with Crippen molar-refractivity contribution in [1.29, 1.82) is 5.26 Å². The minimum Gasteiger partial charge on any atom is -0.465 e. The van der Waals surface area contributed by atoms with Crippen molar-refractivity contribution in [3.05, 3.63) is 64.1 Å². The molecule has 0 radical (unpaired) electrons. The molecule has 0 bridgehead atoms. The highest BCUT2D eigenvalue weighted by Crippen LogP contribution is 2.20. The summed E-state index contributed by atoms with van der Waals surface area (Å²) in [5.74, 6) is -3.65. The van der Waals surface area contributed by atoms with E-state index in [0.29, 0.717) is 6.42 Å². The highest BCUT2D eigenvalue weighted by molar-refractivity contribution is 9.10. The predicted octanol–water partition coefficient (Wildman–Crippen LogP) is 2.86. The van der Waals surface area contributed by atoms with E-state index in [-0.39, 0.29) is 23.6 Å². The number of ketones is 1. The van der Waals surface area contributed by atoms with Crippen molar-refractivity contribution in [2.45, 2.75) is 18.2 Å². The van der Waals surface area contributed by atoms with Crippen LogP contribution in [0.25, 0.3) is 0 Å². The highest BCUT2D eigenvalue weighted by atomic mass is 79.9. The quantitative estimate of drug-likeness (QED) is 0.336. The van der Waals surface area contributed by atoms with Crippen LogP contribution in [0.15, 0.2) is 57.9 Å². The number of carbonyl (C=O) groups excluding carboxylic acids is 2. The summed E-state index contributed by atoms with van der Waals surface area (Å²) in [7, 11) is -4.04. The fourth-order valence-corrected chi connectivity index (χ4v) is 4.07. The molecule has 2 aromatic rings. The Morgan fingerprint density at radius 2 is 1.83 bits per heavy atom. The first-order valence-corrected chi connectivity index (χ1v) is 11.0. The standard InChI is InChI=1S/C20H19BrN2O5S/c1-2-28-20(25)17(13-22)19(24)16-5-3-4-6-18(16)29(26,27)23-12-11-14-7-9-15(21)10-8-14/h3-10,17,23H,2,11-12H2,1H3. The largest absolute Gasteiger partial charge is 0.465 e. The molecule has 9 heteroatoms. The summed E-state index contributed by atoms with van der Waals surface area (Å²) in [6.07, 6.45) is 0.451. The van der Waals surface area contributed by atoms with Crippen molar-refractivity contribution < 1.29 is 22.7 Å². The number of nitriles is 1. The molecular formula is C20H19BrN2O5S. The van der Waals surface area contributed by atoms with Gasteiger partial charge >= 0.3 is 5.97 Å². The van der Waals surface area contributed by atoms with Gasteiger partial charge in [-0.3, -0.25) is 9.59 Å². The Bertz CT molecular complexity index is 1030. The molecule has 0 aliphatic rings. The smallest absolute Gasteiger partial charge is 0.331 e. The first kappa shape index (κ1) is 22.7. The topological polar surface area (TPSA) is 113 Å². The number of esters is 1. The van der Waals surface area contributed by atoms with Crippen LogP contribution in [0.4, 0.5) is 0 Å². The molecule has 152 valence electrons. The Balaban J connectivity index is 2.21. The van der Waals surface area contributed by atoms with E-state index in [0.717, 1.165) is 10.0 Å². The molecule has 0 heterocycles. The molecule has 1 N–H and O–H groups in total. The second-order valence-corrected chi connectivity index (χ2v) is 8.60. The summed E-state index contributed by atoms with van der Waals surface area (Å²) >= 11 is 3.34. The summed E-state index contributed by atoms with van der Waals surface area (Å²) in [4.78, 5) is 24.2. The van der Waals surface area contributed by atoms with Gasteiger partial charge in [-0.2, -0.15) is 5.26 Å². The van der Waals surface area contributed by atoms with Gasteiger partial charge in [-0.15, -0.1) is 0 Å². The molecule has 0 saturated carbocycles. The Morgan fingerprint density at radius 1 is 1.17 bits per heavy atom. The Hall–Kier alpha value is -2.54. The number of nitrogens with one attached hydrogen (secondary N) is 1. The van der Waals surface area contributed by atoms with Crippen molar-refractivity contribution in [2.24, 2.45) is 5.92 Å². The molecule has 1 atom stereocenters. The van der Waals surface area contributed by atoms with Gasteiger partial charge in [0.2, 0.25) is 15.9 Å². The summed E-state index contributed by atoms with van der Waals surface area (Å²) in [5.41, 5.74) is 0.704. The number of rotatable bonds is 9. The van der Waals surface area contributed by atoms with Crippen molar-refractivity contribution in [2.75, 3.05) is 13.2 Å². The average molecular weight is 479 g/mol. The first-order chi connectivity index (χ1) is 13.8. The third-order valence-electron chi connectivity index (χ3n) is 3.97. The van der Waals surface area contributed by atoms with E-state index in [9.17, 15) is 23.3 Å². The van der Waals surface area contributed by atoms with Crippen molar-refractivity contribution >= 4 is 37.7 Å². The van der Waals surface area contributed by atoms with Crippen LogP contribution in [0.5, 0.6) is 0 Å². The highest BCUT2D eigenvalue weighted by Gasteiger charge is 2.32. The SMILES string of the molecule is CCOC(=O)C(C#N)C(=O)c1ccccc1S(=O)(=O)NCCc1ccc(Br)cc1. The molecule has 2 rings (SSSR count). The number of sulfonamides is 1. The summed E-state index contributed by atoms with van der Waals surface area (Å²) in [5, 5.41) is 9.20. The van der Waals surface area contributed by atoms with Crippen LogP contribution in [0.2, 0.25) is 0 Å². The predicted molar refractivity (Wildman–Crippen MR) is 110 cm³/mol. The third kappa shape index (κ3) is 5.97. The van der Waals surface area contributed by atoms with E-state index in [2.05, 4.69) is 20.7 Å². The number of carbonyl (C=O) groups is 2. The maximum atomic E-state index is 12.7. The van der Waals surface area contributed by atoms with E-state index in [1.165, 1.54) is 24.3 Å². The van der Waals surface area contributed by atoms with E-state index in [4.69, 9.17) is 4.74 Å². The molecule has 1 unspecified atom stereocenters. The zero-order chi connectivity index (χ0) is 21.4. The molecule has 0 fully saturated rings. The Kier molecular flexibility index (Phi) is 8.08. The van der Waals surface area contributed by atoms with Gasteiger partial charge in [0.1, 0.15) is 0 Å². The van der Waals surface area contributed by atoms with Gasteiger partial charge in [0.15, 0.2) is 5.78 Å². The second kappa shape index (κ2) is 10.3. The number of benzene rings is 2. The molecule has 0 aliphatic carbocycles. The lowest BCUT2D eigenvalue weighted by atomic mass is 9.99. The molecule has 7 nitrogen and oxygen atoms in total. The molecule has 0 amide bonds. The third-order valence-corrected chi connectivity index (χ3v) is 6.02. The summed E-state index contributed by atoms with van der Waals surface area (Å²) in [6.45, 7) is 1.67. The van der Waals surface area contributed by atoms with Gasteiger partial charge < -0.3 is 4.74 Å². The van der Waals surface area contributed by atoms with E-state index < -0.39 is 27.7 Å². The number of hydrogen-bond donors (Lipinski definition) is 1. The van der Waals surface area contributed by atoms with Gasteiger partial charge in [-0.25, -0.2) is 13.1 Å². The van der Waals surface area contributed by atoms with Crippen LogP contribution >= 0.6 is 15.9 Å². The van der Waals surface area contributed by atoms with Crippen LogP contribution in [0.1, 0.15) is 22.8 Å². The number of nitrogens with zero attached hydrogens (tertiary/aromatic N) is 1. The second-order valence-electron chi connectivity index (χ2n) is 5.95. The fourth-order valence-electron chi connectivity index (χ4n) is 2.56. The van der Waals surface area contributed by atoms with E-state index in [1.54, 1.807) is 13.0 Å².